The summed E-state index contributed by atoms with van der Waals surface area (Å²) < 4.78 is 0. The maximum Gasteiger partial charge on any atom is 0.241 e. The fourth-order valence-electron chi connectivity index (χ4n) is 1.72. The zero-order valence-corrected chi connectivity index (χ0v) is 13.1. The van der Waals surface area contributed by atoms with Gasteiger partial charge in [0.25, 0.3) is 0 Å². The molecule has 1 amide bonds. The van der Waals surface area contributed by atoms with Crippen LogP contribution in [0.3, 0.4) is 0 Å². The molecule has 0 aliphatic carbocycles. The number of nitrogens with one attached hydrogen (secondary N) is 1. The summed E-state index contributed by atoms with van der Waals surface area (Å²) in [6.07, 6.45) is 1.04. The summed E-state index contributed by atoms with van der Waals surface area (Å²) >= 11 is 0. The van der Waals surface area contributed by atoms with Gasteiger partial charge in [0.2, 0.25) is 5.91 Å². The molecule has 1 N–H and O–H groups in total. The summed E-state index contributed by atoms with van der Waals surface area (Å²) in [4.78, 5) is 24.2. The summed E-state index contributed by atoms with van der Waals surface area (Å²) in [6.45, 7) is 7.91. The van der Waals surface area contributed by atoms with Gasteiger partial charge in [-0.1, -0.05) is 6.92 Å². The van der Waals surface area contributed by atoms with Gasteiger partial charge >= 0.3 is 0 Å². The topological polar surface area (TPSA) is 61.4 Å². The average Bonchev–Trinajstić information content (AvgIpc) is 2.41. The van der Waals surface area contributed by atoms with Gasteiger partial charge in [0.05, 0.1) is 6.54 Å². The van der Waals surface area contributed by atoms with Crippen molar-refractivity contribution in [3.05, 3.63) is 11.9 Å². The number of aryl methyl sites for hydroxylation is 1. The van der Waals surface area contributed by atoms with Gasteiger partial charge in [0.15, 0.2) is 0 Å². The quantitative estimate of drug-likeness (QED) is 0.820. The van der Waals surface area contributed by atoms with Crippen molar-refractivity contribution < 1.29 is 4.79 Å². The third kappa shape index (κ3) is 4.68. The zero-order chi connectivity index (χ0) is 15.1. The molecule has 0 saturated carbocycles. The third-order valence-corrected chi connectivity index (χ3v) is 2.91. The second-order valence-corrected chi connectivity index (χ2v) is 4.89. The smallest absolute Gasteiger partial charge is 0.241 e. The van der Waals surface area contributed by atoms with E-state index in [4.69, 9.17) is 0 Å². The van der Waals surface area contributed by atoms with Crippen LogP contribution in [0.25, 0.3) is 0 Å². The van der Waals surface area contributed by atoms with E-state index in [1.807, 2.05) is 24.8 Å². The summed E-state index contributed by atoms with van der Waals surface area (Å²) in [5.41, 5.74) is 0. The molecule has 0 atom stereocenters. The number of aromatic nitrogens is 2. The summed E-state index contributed by atoms with van der Waals surface area (Å²) in [6, 6.07) is 1.90. The molecule has 0 aliphatic rings. The van der Waals surface area contributed by atoms with Crippen molar-refractivity contribution in [2.45, 2.75) is 27.2 Å². The molecule has 0 aliphatic heterocycles. The van der Waals surface area contributed by atoms with Crippen LogP contribution in [-0.4, -0.2) is 54.5 Å². The Morgan fingerprint density at radius 3 is 2.55 bits per heavy atom. The van der Waals surface area contributed by atoms with Crippen LogP contribution in [0.5, 0.6) is 0 Å². The first-order chi connectivity index (χ1) is 9.47. The Kier molecular flexibility index (Phi) is 6.21. The van der Waals surface area contributed by atoms with Crippen molar-refractivity contribution in [3.63, 3.8) is 0 Å². The first-order valence-electron chi connectivity index (χ1n) is 7.02. The largest absolute Gasteiger partial charge is 0.370 e. The fraction of sp³-hybridized carbons (Fsp3) is 0.643. The molecular formula is C14H25N5O. The van der Waals surface area contributed by atoms with Gasteiger partial charge in [-0.05, 0) is 20.3 Å². The van der Waals surface area contributed by atoms with Gasteiger partial charge in [-0.25, -0.2) is 9.97 Å². The lowest BCUT2D eigenvalue weighted by atomic mass is 10.4. The van der Waals surface area contributed by atoms with Crippen molar-refractivity contribution in [1.82, 2.24) is 14.9 Å². The number of amides is 1. The van der Waals surface area contributed by atoms with Crippen molar-refractivity contribution >= 4 is 17.5 Å². The number of carbonyl (C=O) groups excluding carboxylic acids is 1. The van der Waals surface area contributed by atoms with Crippen LogP contribution in [-0.2, 0) is 4.79 Å². The molecule has 6 heteroatoms. The lowest BCUT2D eigenvalue weighted by Crippen LogP contribution is -2.37. The number of nitrogens with zero attached hydrogens (tertiary/aromatic N) is 4. The van der Waals surface area contributed by atoms with E-state index >= 15 is 0 Å². The van der Waals surface area contributed by atoms with E-state index in [0.717, 1.165) is 31.1 Å². The normalized spacial score (nSPS) is 10.2. The van der Waals surface area contributed by atoms with E-state index in [0.29, 0.717) is 12.4 Å². The van der Waals surface area contributed by atoms with E-state index in [2.05, 4.69) is 22.2 Å². The maximum absolute atomic E-state index is 11.9. The Hall–Kier alpha value is -1.85. The van der Waals surface area contributed by atoms with Crippen molar-refractivity contribution in [3.8, 4) is 0 Å². The minimum Gasteiger partial charge on any atom is -0.370 e. The molecule has 1 aromatic heterocycles. The number of hydrogen-bond acceptors (Lipinski definition) is 5. The van der Waals surface area contributed by atoms with Crippen molar-refractivity contribution in [2.75, 3.05) is 43.9 Å². The Bertz CT molecular complexity index is 447. The van der Waals surface area contributed by atoms with Gasteiger partial charge < -0.3 is 15.1 Å². The van der Waals surface area contributed by atoms with E-state index in [-0.39, 0.29) is 5.91 Å². The molecule has 1 heterocycles. The van der Waals surface area contributed by atoms with Gasteiger partial charge in [-0.15, -0.1) is 0 Å². The van der Waals surface area contributed by atoms with E-state index in [9.17, 15) is 4.79 Å². The summed E-state index contributed by atoms with van der Waals surface area (Å²) in [7, 11) is 3.52. The van der Waals surface area contributed by atoms with Crippen LogP contribution in [0, 0.1) is 6.92 Å². The number of rotatable bonds is 7. The minimum absolute atomic E-state index is 0.0613. The summed E-state index contributed by atoms with van der Waals surface area (Å²) in [5.74, 6) is 2.36. The lowest BCUT2D eigenvalue weighted by Gasteiger charge is -2.23. The maximum atomic E-state index is 11.9. The van der Waals surface area contributed by atoms with Crippen LogP contribution >= 0.6 is 0 Å². The lowest BCUT2D eigenvalue weighted by molar-refractivity contribution is -0.127. The third-order valence-electron chi connectivity index (χ3n) is 2.91. The number of carbonyl (C=O) groups is 1. The van der Waals surface area contributed by atoms with Gasteiger partial charge in [-0.3, -0.25) is 4.79 Å². The predicted molar refractivity (Wildman–Crippen MR) is 82.1 cm³/mol. The molecular weight excluding hydrogens is 254 g/mol. The molecule has 0 fully saturated rings. The first-order valence-corrected chi connectivity index (χ1v) is 7.02. The Morgan fingerprint density at radius 2 is 2.00 bits per heavy atom. The molecule has 0 unspecified atom stereocenters. The standard InChI is InChI=1S/C14H25N5O/c1-6-8-15-12-9-13(17-11(3)16-12)19(7-2)10-14(20)18(4)5/h9H,6-8,10H2,1-5H3,(H,15,16,17). The molecule has 1 rings (SSSR count). The van der Waals surface area contributed by atoms with Crippen LogP contribution in [0.15, 0.2) is 6.07 Å². The van der Waals surface area contributed by atoms with Crippen molar-refractivity contribution in [1.29, 1.82) is 0 Å². The van der Waals surface area contributed by atoms with E-state index in [1.165, 1.54) is 0 Å². The average molecular weight is 279 g/mol. The number of likely N-dealkylation sites (N-methyl/N-ethyl adjacent to an activating group) is 2. The Morgan fingerprint density at radius 1 is 1.30 bits per heavy atom. The van der Waals surface area contributed by atoms with Gasteiger partial charge in [0, 0.05) is 33.3 Å². The second kappa shape index (κ2) is 7.67. The molecule has 6 nitrogen and oxygen atoms in total. The molecule has 0 bridgehead atoms. The number of anilines is 2. The van der Waals surface area contributed by atoms with Crippen LogP contribution in [0.4, 0.5) is 11.6 Å². The highest BCUT2D eigenvalue weighted by Gasteiger charge is 2.14. The highest BCUT2D eigenvalue weighted by Crippen LogP contribution is 2.16. The van der Waals surface area contributed by atoms with Crippen LogP contribution < -0.4 is 10.2 Å². The molecule has 0 saturated heterocycles. The first kappa shape index (κ1) is 16.2. The molecule has 0 aromatic carbocycles. The minimum atomic E-state index is 0.0613. The van der Waals surface area contributed by atoms with Gasteiger partial charge in [0.1, 0.15) is 17.5 Å². The molecule has 20 heavy (non-hydrogen) atoms. The summed E-state index contributed by atoms with van der Waals surface area (Å²) in [5, 5.41) is 3.26. The SMILES string of the molecule is CCCNc1cc(N(CC)CC(=O)N(C)C)nc(C)n1. The predicted octanol–water partition coefficient (Wildman–Crippen LogP) is 1.52. The molecule has 0 spiro atoms. The highest BCUT2D eigenvalue weighted by molar-refractivity contribution is 5.80. The van der Waals surface area contributed by atoms with Crippen LogP contribution in [0.1, 0.15) is 26.1 Å². The zero-order valence-electron chi connectivity index (χ0n) is 13.1. The Labute approximate surface area is 121 Å². The monoisotopic (exact) mass is 279 g/mol. The molecule has 0 radical (unpaired) electrons. The molecule has 1 aromatic rings. The number of hydrogen-bond donors (Lipinski definition) is 1. The van der Waals surface area contributed by atoms with Gasteiger partial charge in [-0.2, -0.15) is 0 Å². The Balaban J connectivity index is 2.90. The second-order valence-electron chi connectivity index (χ2n) is 4.89. The van der Waals surface area contributed by atoms with E-state index in [1.54, 1.807) is 19.0 Å². The van der Waals surface area contributed by atoms with E-state index < -0.39 is 0 Å². The van der Waals surface area contributed by atoms with Crippen LogP contribution in [0.2, 0.25) is 0 Å². The highest BCUT2D eigenvalue weighted by atomic mass is 16.2. The fourth-order valence-corrected chi connectivity index (χ4v) is 1.72. The van der Waals surface area contributed by atoms with Crippen molar-refractivity contribution in [2.24, 2.45) is 0 Å². The molecule has 112 valence electrons.